The van der Waals surface area contributed by atoms with Gasteiger partial charge in [-0.05, 0) is 80.9 Å². The van der Waals surface area contributed by atoms with Crippen LogP contribution in [0.4, 0.5) is 4.79 Å². The first-order valence-electron chi connectivity index (χ1n) is 14.2. The fraction of sp³-hybridized carbons (Fsp3) is 0.742. The maximum atomic E-state index is 13.2. The summed E-state index contributed by atoms with van der Waals surface area (Å²) < 4.78 is 5.45. The van der Waals surface area contributed by atoms with E-state index < -0.39 is 29.8 Å². The second kappa shape index (κ2) is 14.3. The van der Waals surface area contributed by atoms with Crippen molar-refractivity contribution < 1.29 is 24.5 Å². The van der Waals surface area contributed by atoms with Gasteiger partial charge in [-0.2, -0.15) is 0 Å². The molecule has 0 fully saturated rings. The molecular weight excluding hydrogens is 480 g/mol. The molecule has 218 valence electrons. The number of hydrogen-bond donors (Lipinski definition) is 3. The number of imide groups is 1. The summed E-state index contributed by atoms with van der Waals surface area (Å²) in [6.07, 6.45) is 1.45. The Morgan fingerprint density at radius 1 is 1.05 bits per heavy atom. The summed E-state index contributed by atoms with van der Waals surface area (Å²) in [5, 5.41) is 21.5. The van der Waals surface area contributed by atoms with Crippen LogP contribution in [0.5, 0.6) is 5.75 Å². The maximum absolute atomic E-state index is 13.2. The van der Waals surface area contributed by atoms with Crippen LogP contribution in [-0.4, -0.2) is 51.4 Å². The van der Waals surface area contributed by atoms with Crippen LogP contribution in [0.15, 0.2) is 18.2 Å². The van der Waals surface area contributed by atoms with E-state index in [0.717, 1.165) is 24.0 Å². The van der Waals surface area contributed by atoms with Crippen LogP contribution in [-0.2, 0) is 21.4 Å². The van der Waals surface area contributed by atoms with Crippen LogP contribution in [0.2, 0.25) is 0 Å². The van der Waals surface area contributed by atoms with Gasteiger partial charge in [0.25, 0.3) is 0 Å². The molecular formula is C31H54N2O5. The SMILES string of the molecule is CCCCN(C(=O)OC(C)(C)C)C(=O)C(C)C[C@H](O)[C@@H](N)C[C@H](Cc1ccc(C(C)(C)C)c(O)c1)C(C)C. The first-order valence-corrected chi connectivity index (χ1v) is 14.2. The molecule has 7 nitrogen and oxygen atoms in total. The molecule has 1 aromatic carbocycles. The van der Waals surface area contributed by atoms with Crippen LogP contribution >= 0.6 is 0 Å². The third kappa shape index (κ3) is 10.9. The second-order valence-electron chi connectivity index (χ2n) is 13.2. The van der Waals surface area contributed by atoms with Crippen LogP contribution < -0.4 is 5.73 Å². The number of aliphatic hydroxyl groups excluding tert-OH is 1. The highest BCUT2D eigenvalue weighted by Gasteiger charge is 2.32. The molecule has 1 aromatic rings. The number of carbonyl (C=O) groups is 2. The fourth-order valence-electron chi connectivity index (χ4n) is 4.57. The lowest BCUT2D eigenvalue weighted by molar-refractivity contribution is -0.135. The molecule has 0 spiro atoms. The van der Waals surface area contributed by atoms with E-state index in [9.17, 15) is 19.8 Å². The van der Waals surface area contributed by atoms with Crippen molar-refractivity contribution in [3.63, 3.8) is 0 Å². The number of hydrogen-bond acceptors (Lipinski definition) is 6. The van der Waals surface area contributed by atoms with Gasteiger partial charge in [0.05, 0.1) is 6.10 Å². The molecule has 4 atom stereocenters. The minimum absolute atomic E-state index is 0.143. The molecule has 0 aromatic heterocycles. The Morgan fingerprint density at radius 2 is 1.66 bits per heavy atom. The van der Waals surface area contributed by atoms with Crippen molar-refractivity contribution in [3.8, 4) is 5.75 Å². The number of rotatable bonds is 12. The van der Waals surface area contributed by atoms with Gasteiger partial charge in [-0.15, -0.1) is 0 Å². The lowest BCUT2D eigenvalue weighted by Gasteiger charge is -2.30. The number of phenols is 1. The number of phenolic OH excluding ortho intramolecular Hbond substituents is 1. The number of nitrogens with two attached hydrogens (primary N) is 1. The lowest BCUT2D eigenvalue weighted by Crippen LogP contribution is -2.45. The largest absolute Gasteiger partial charge is 0.508 e. The van der Waals surface area contributed by atoms with E-state index in [2.05, 4.69) is 40.7 Å². The van der Waals surface area contributed by atoms with Gasteiger partial charge >= 0.3 is 6.09 Å². The number of ether oxygens (including phenoxy) is 1. The number of nitrogens with zero attached hydrogens (tertiary/aromatic N) is 1. The van der Waals surface area contributed by atoms with Crippen molar-refractivity contribution >= 4 is 12.0 Å². The highest BCUT2D eigenvalue weighted by molar-refractivity contribution is 5.93. The topological polar surface area (TPSA) is 113 Å². The molecule has 1 unspecified atom stereocenters. The van der Waals surface area contributed by atoms with E-state index in [4.69, 9.17) is 10.5 Å². The van der Waals surface area contributed by atoms with Crippen LogP contribution in [0, 0.1) is 17.8 Å². The Hall–Kier alpha value is -2.12. The van der Waals surface area contributed by atoms with E-state index in [1.807, 2.05) is 19.1 Å². The first-order chi connectivity index (χ1) is 17.4. The maximum Gasteiger partial charge on any atom is 0.417 e. The fourth-order valence-corrected chi connectivity index (χ4v) is 4.57. The summed E-state index contributed by atoms with van der Waals surface area (Å²) in [5.74, 6) is -0.137. The predicted molar refractivity (Wildman–Crippen MR) is 154 cm³/mol. The second-order valence-corrected chi connectivity index (χ2v) is 13.2. The van der Waals surface area contributed by atoms with E-state index in [1.54, 1.807) is 27.7 Å². The molecule has 0 heterocycles. The number of benzene rings is 1. The highest BCUT2D eigenvalue weighted by atomic mass is 16.6. The monoisotopic (exact) mass is 534 g/mol. The van der Waals surface area contributed by atoms with Crippen LogP contribution in [0.1, 0.15) is 106 Å². The Kier molecular flexibility index (Phi) is 12.8. The van der Waals surface area contributed by atoms with Gasteiger partial charge in [0.2, 0.25) is 5.91 Å². The molecule has 0 aliphatic heterocycles. The summed E-state index contributed by atoms with van der Waals surface area (Å²) in [4.78, 5) is 27.1. The smallest absolute Gasteiger partial charge is 0.417 e. The van der Waals surface area contributed by atoms with Crippen molar-refractivity contribution in [1.29, 1.82) is 0 Å². The van der Waals surface area contributed by atoms with Gasteiger partial charge in [-0.1, -0.05) is 67.0 Å². The molecule has 0 saturated carbocycles. The number of carbonyl (C=O) groups excluding carboxylic acids is 2. The Morgan fingerprint density at radius 3 is 2.13 bits per heavy atom. The van der Waals surface area contributed by atoms with Crippen molar-refractivity contribution in [1.82, 2.24) is 4.90 Å². The average molecular weight is 535 g/mol. The number of aromatic hydroxyl groups is 1. The Balaban J connectivity index is 2.88. The number of aliphatic hydroxyl groups is 1. The summed E-state index contributed by atoms with van der Waals surface area (Å²) in [5.41, 5.74) is 7.54. The van der Waals surface area contributed by atoms with E-state index in [1.165, 1.54) is 4.90 Å². The molecule has 38 heavy (non-hydrogen) atoms. The van der Waals surface area contributed by atoms with Crippen molar-refractivity contribution in [2.45, 2.75) is 125 Å². The third-order valence-corrected chi connectivity index (χ3v) is 7.01. The predicted octanol–water partition coefficient (Wildman–Crippen LogP) is 6.17. The van der Waals surface area contributed by atoms with Gasteiger partial charge in [-0.25, -0.2) is 9.69 Å². The van der Waals surface area contributed by atoms with Crippen molar-refractivity contribution in [2.24, 2.45) is 23.5 Å². The van der Waals surface area contributed by atoms with Crippen LogP contribution in [0.25, 0.3) is 0 Å². The minimum Gasteiger partial charge on any atom is -0.508 e. The molecule has 0 aliphatic rings. The number of amides is 2. The van der Waals surface area contributed by atoms with Crippen molar-refractivity contribution in [3.05, 3.63) is 29.3 Å². The molecule has 0 saturated heterocycles. The van der Waals surface area contributed by atoms with E-state index in [0.29, 0.717) is 24.5 Å². The van der Waals surface area contributed by atoms with E-state index in [-0.39, 0.29) is 30.2 Å². The lowest BCUT2D eigenvalue weighted by atomic mass is 9.81. The molecule has 0 radical (unpaired) electrons. The number of unbranched alkanes of at least 4 members (excludes halogenated alkanes) is 1. The zero-order chi connectivity index (χ0) is 29.4. The Bertz CT molecular complexity index is 901. The minimum atomic E-state index is -0.890. The Labute approximate surface area is 231 Å². The summed E-state index contributed by atoms with van der Waals surface area (Å²) in [7, 11) is 0. The normalized spacial score (nSPS) is 15.6. The molecule has 4 N–H and O–H groups in total. The van der Waals surface area contributed by atoms with Gasteiger partial charge in [-0.3, -0.25) is 4.79 Å². The molecule has 2 amide bonds. The van der Waals surface area contributed by atoms with E-state index >= 15 is 0 Å². The zero-order valence-corrected chi connectivity index (χ0v) is 25.5. The molecule has 1 rings (SSSR count). The summed E-state index contributed by atoms with van der Waals surface area (Å²) in [6, 6.07) is 5.35. The van der Waals surface area contributed by atoms with Crippen LogP contribution in [0.3, 0.4) is 0 Å². The van der Waals surface area contributed by atoms with Crippen molar-refractivity contribution in [2.75, 3.05) is 6.54 Å². The third-order valence-electron chi connectivity index (χ3n) is 7.01. The standard InChI is InChI=1S/C31H54N2O5/c1-11-12-15-33(29(37)38-31(8,9)10)28(36)21(4)16-27(35)25(32)19-23(20(2)3)17-22-13-14-24(26(34)18-22)30(5,6)7/h13-14,18,20-21,23,25,27,34-35H,11-12,15-17,19,32H2,1-10H3/t21?,23-,25-,27-/m0/s1. The summed E-state index contributed by atoms with van der Waals surface area (Å²) in [6.45, 7) is 19.8. The summed E-state index contributed by atoms with van der Waals surface area (Å²) >= 11 is 0. The highest BCUT2D eigenvalue weighted by Crippen LogP contribution is 2.33. The van der Waals surface area contributed by atoms with Gasteiger partial charge in [0.1, 0.15) is 11.4 Å². The van der Waals surface area contributed by atoms with Gasteiger partial charge in [0.15, 0.2) is 0 Å². The zero-order valence-electron chi connectivity index (χ0n) is 25.5. The first kappa shape index (κ1) is 33.9. The quantitative estimate of drug-likeness (QED) is 0.295. The molecule has 0 aliphatic carbocycles. The molecule has 7 heteroatoms. The average Bonchev–Trinajstić information content (AvgIpc) is 2.76. The van der Waals surface area contributed by atoms with Gasteiger partial charge < -0.3 is 20.7 Å². The molecule has 0 bridgehead atoms. The van der Waals surface area contributed by atoms with Gasteiger partial charge in [0, 0.05) is 18.5 Å².